The standard InChI is InChI=1S/C24H32Cl2O4S/c1-5-31(28)16-20(27)15-30-23-17(2)13-19(14-22(23)26)24(3,4)18-7-9-21(10-8-18)29-12-6-11-25/h7-10,13-14,20,27H,5-6,11-12,15-16H2,1-4H3. The van der Waals surface area contributed by atoms with Crippen LogP contribution >= 0.6 is 23.2 Å². The summed E-state index contributed by atoms with van der Waals surface area (Å²) in [6.45, 7) is 8.71. The summed E-state index contributed by atoms with van der Waals surface area (Å²) in [5.74, 6) is 2.67. The number of alkyl halides is 1. The van der Waals surface area contributed by atoms with Crippen LogP contribution in [0.2, 0.25) is 5.02 Å². The van der Waals surface area contributed by atoms with E-state index in [0.29, 0.717) is 29.0 Å². The number of hydrogen-bond donors (Lipinski definition) is 1. The van der Waals surface area contributed by atoms with Gasteiger partial charge in [-0.2, -0.15) is 0 Å². The third kappa shape index (κ3) is 7.38. The monoisotopic (exact) mass is 486 g/mol. The lowest BCUT2D eigenvalue weighted by Crippen LogP contribution is -2.25. The second-order valence-corrected chi connectivity index (χ2v) is 10.6. The van der Waals surface area contributed by atoms with Crippen LogP contribution in [0.4, 0.5) is 0 Å². The minimum absolute atomic E-state index is 0.0558. The first kappa shape index (κ1) is 26.0. The van der Waals surface area contributed by atoms with Crippen molar-refractivity contribution in [3.05, 3.63) is 58.1 Å². The van der Waals surface area contributed by atoms with Gasteiger partial charge in [0.15, 0.2) is 0 Å². The van der Waals surface area contributed by atoms with Crippen LogP contribution in [0.3, 0.4) is 0 Å². The predicted octanol–water partition coefficient (Wildman–Crippen LogP) is 5.49. The Bertz CT molecular complexity index is 845. The fraction of sp³-hybridized carbons (Fsp3) is 0.500. The van der Waals surface area contributed by atoms with Gasteiger partial charge in [0.2, 0.25) is 0 Å². The number of rotatable bonds is 12. The molecular weight excluding hydrogens is 455 g/mol. The highest BCUT2D eigenvalue weighted by Gasteiger charge is 2.25. The van der Waals surface area contributed by atoms with Crippen molar-refractivity contribution in [1.82, 2.24) is 0 Å². The largest absolute Gasteiger partial charge is 0.494 e. The Balaban J connectivity index is 2.14. The lowest BCUT2D eigenvalue weighted by molar-refractivity contribution is 0.125. The van der Waals surface area contributed by atoms with Crippen LogP contribution in [0.15, 0.2) is 36.4 Å². The molecule has 0 aliphatic carbocycles. The number of hydrogen-bond acceptors (Lipinski definition) is 4. The van der Waals surface area contributed by atoms with Gasteiger partial charge in [0.1, 0.15) is 18.1 Å². The highest BCUT2D eigenvalue weighted by atomic mass is 35.5. The molecule has 7 heteroatoms. The summed E-state index contributed by atoms with van der Waals surface area (Å²) >= 11 is 12.2. The topological polar surface area (TPSA) is 55.8 Å². The van der Waals surface area contributed by atoms with Gasteiger partial charge in [-0.25, -0.2) is 0 Å². The van der Waals surface area contributed by atoms with Crippen LogP contribution in [0.25, 0.3) is 0 Å². The SMILES string of the molecule is CCS(=O)CC(O)COc1c(C)cc(C(C)(C)c2ccc(OCCCCl)cc2)cc1Cl. The van der Waals surface area contributed by atoms with E-state index >= 15 is 0 Å². The number of halogens is 2. The van der Waals surface area contributed by atoms with Gasteiger partial charge in [0.05, 0.1) is 23.5 Å². The average molecular weight is 487 g/mol. The first-order valence-electron chi connectivity index (χ1n) is 10.4. The Labute approximate surface area is 198 Å². The molecule has 2 aromatic carbocycles. The van der Waals surface area contributed by atoms with Crippen molar-refractivity contribution in [1.29, 1.82) is 0 Å². The third-order valence-corrected chi connectivity index (χ3v) is 7.14. The zero-order chi connectivity index (χ0) is 23.0. The van der Waals surface area contributed by atoms with Gasteiger partial charge >= 0.3 is 0 Å². The number of aliphatic hydroxyl groups is 1. The fourth-order valence-electron chi connectivity index (χ4n) is 3.21. The normalized spacial score (nSPS) is 13.6. The summed E-state index contributed by atoms with van der Waals surface area (Å²) in [7, 11) is -1.04. The van der Waals surface area contributed by atoms with Crippen LogP contribution in [-0.4, -0.2) is 46.0 Å². The Morgan fingerprint density at radius 2 is 1.81 bits per heavy atom. The van der Waals surface area contributed by atoms with Crippen molar-refractivity contribution in [2.75, 3.05) is 30.6 Å². The van der Waals surface area contributed by atoms with Gasteiger partial charge < -0.3 is 14.6 Å². The molecule has 0 aromatic heterocycles. The Kier molecular flexibility index (Phi) is 10.1. The Hall–Kier alpha value is -1.27. The van der Waals surface area contributed by atoms with Crippen molar-refractivity contribution < 1.29 is 18.8 Å². The fourth-order valence-corrected chi connectivity index (χ4v) is 4.41. The molecule has 172 valence electrons. The van der Waals surface area contributed by atoms with Gasteiger partial charge in [0, 0.05) is 27.8 Å². The van der Waals surface area contributed by atoms with E-state index < -0.39 is 16.9 Å². The molecule has 0 amide bonds. The average Bonchev–Trinajstić information content (AvgIpc) is 2.73. The van der Waals surface area contributed by atoms with Crippen LogP contribution in [0.5, 0.6) is 11.5 Å². The van der Waals surface area contributed by atoms with E-state index in [4.69, 9.17) is 32.7 Å². The van der Waals surface area contributed by atoms with E-state index in [2.05, 4.69) is 32.0 Å². The third-order valence-electron chi connectivity index (χ3n) is 5.19. The zero-order valence-corrected chi connectivity index (χ0v) is 20.9. The lowest BCUT2D eigenvalue weighted by Gasteiger charge is -2.28. The summed E-state index contributed by atoms with van der Waals surface area (Å²) in [6, 6.07) is 12.0. The molecule has 2 unspecified atom stereocenters. The van der Waals surface area contributed by atoms with Gasteiger partial charge in [-0.15, -0.1) is 11.6 Å². The predicted molar refractivity (Wildman–Crippen MR) is 131 cm³/mol. The molecule has 0 spiro atoms. The van der Waals surface area contributed by atoms with Gasteiger partial charge in [0.25, 0.3) is 0 Å². The lowest BCUT2D eigenvalue weighted by atomic mass is 9.77. The first-order chi connectivity index (χ1) is 14.7. The second kappa shape index (κ2) is 12.1. The summed E-state index contributed by atoms with van der Waals surface area (Å²) in [5.41, 5.74) is 2.81. The number of aliphatic hydroxyl groups excluding tert-OH is 1. The van der Waals surface area contributed by atoms with Crippen molar-refractivity contribution in [3.63, 3.8) is 0 Å². The van der Waals surface area contributed by atoms with Crippen LogP contribution < -0.4 is 9.47 Å². The minimum Gasteiger partial charge on any atom is -0.494 e. The van der Waals surface area contributed by atoms with E-state index in [0.717, 1.165) is 28.9 Å². The van der Waals surface area contributed by atoms with E-state index in [1.807, 2.05) is 32.0 Å². The van der Waals surface area contributed by atoms with Crippen LogP contribution in [0.1, 0.15) is 43.9 Å². The highest BCUT2D eigenvalue weighted by Crippen LogP contribution is 2.38. The maximum Gasteiger partial charge on any atom is 0.140 e. The zero-order valence-electron chi connectivity index (χ0n) is 18.6. The van der Waals surface area contributed by atoms with E-state index in [9.17, 15) is 9.32 Å². The van der Waals surface area contributed by atoms with Crippen molar-refractivity contribution in [3.8, 4) is 11.5 Å². The highest BCUT2D eigenvalue weighted by molar-refractivity contribution is 7.84. The van der Waals surface area contributed by atoms with Crippen LogP contribution in [0, 0.1) is 6.92 Å². The Morgan fingerprint density at radius 3 is 2.39 bits per heavy atom. The van der Waals surface area contributed by atoms with Crippen molar-refractivity contribution in [2.45, 2.75) is 45.6 Å². The molecule has 0 aliphatic rings. The number of ether oxygens (including phenoxy) is 2. The smallest absolute Gasteiger partial charge is 0.140 e. The van der Waals surface area contributed by atoms with Gasteiger partial charge in [-0.05, 0) is 48.2 Å². The van der Waals surface area contributed by atoms with Gasteiger partial charge in [-0.3, -0.25) is 4.21 Å². The molecule has 2 aromatic rings. The molecule has 0 fully saturated rings. The van der Waals surface area contributed by atoms with Crippen molar-refractivity contribution in [2.24, 2.45) is 0 Å². The van der Waals surface area contributed by atoms with Crippen LogP contribution in [-0.2, 0) is 16.2 Å². The molecule has 2 atom stereocenters. The molecule has 0 heterocycles. The summed E-state index contributed by atoms with van der Waals surface area (Å²) in [5, 5.41) is 10.5. The summed E-state index contributed by atoms with van der Waals surface area (Å²) in [4.78, 5) is 0. The first-order valence-corrected chi connectivity index (χ1v) is 12.8. The molecule has 31 heavy (non-hydrogen) atoms. The van der Waals surface area contributed by atoms with E-state index in [1.165, 1.54) is 0 Å². The summed E-state index contributed by atoms with van der Waals surface area (Å²) in [6.07, 6.45) is 0.0200. The number of aryl methyl sites for hydroxylation is 1. The molecular formula is C24H32Cl2O4S. The molecule has 0 radical (unpaired) electrons. The maximum absolute atomic E-state index is 11.6. The molecule has 0 bridgehead atoms. The molecule has 2 rings (SSSR count). The second-order valence-electron chi connectivity index (χ2n) is 8.00. The van der Waals surface area contributed by atoms with E-state index in [-0.39, 0.29) is 17.8 Å². The van der Waals surface area contributed by atoms with Crippen molar-refractivity contribution >= 4 is 34.0 Å². The molecule has 0 saturated carbocycles. The number of benzene rings is 2. The Morgan fingerprint density at radius 1 is 1.13 bits per heavy atom. The molecule has 0 aliphatic heterocycles. The van der Waals surface area contributed by atoms with Gasteiger partial charge in [-0.1, -0.05) is 50.6 Å². The maximum atomic E-state index is 11.6. The summed E-state index contributed by atoms with van der Waals surface area (Å²) < 4.78 is 23.1. The molecule has 0 saturated heterocycles. The quantitative estimate of drug-likeness (QED) is 0.318. The molecule has 1 N–H and O–H groups in total. The molecule has 4 nitrogen and oxygen atoms in total. The van der Waals surface area contributed by atoms with E-state index in [1.54, 1.807) is 0 Å². The minimum atomic E-state index is -1.04.